The highest BCUT2D eigenvalue weighted by molar-refractivity contribution is 5.80. The fourth-order valence-electron chi connectivity index (χ4n) is 4.38. The van der Waals surface area contributed by atoms with Crippen LogP contribution in [0.1, 0.15) is 68.4 Å². The van der Waals surface area contributed by atoms with Crippen LogP contribution in [0.4, 0.5) is 0 Å². The zero-order valence-electron chi connectivity index (χ0n) is 23.1. The molecule has 5 nitrogen and oxygen atoms in total. The molecule has 38 heavy (non-hydrogen) atoms. The molecule has 0 saturated heterocycles. The molecule has 0 fully saturated rings. The van der Waals surface area contributed by atoms with E-state index in [9.17, 15) is 9.59 Å². The number of para-hydroxylation sites is 1. The van der Waals surface area contributed by atoms with Gasteiger partial charge in [-0.2, -0.15) is 0 Å². The van der Waals surface area contributed by atoms with Gasteiger partial charge in [-0.1, -0.05) is 99.1 Å². The van der Waals surface area contributed by atoms with Gasteiger partial charge in [-0.25, -0.2) is 4.98 Å². The van der Waals surface area contributed by atoms with Crippen LogP contribution in [0.5, 0.6) is 5.75 Å². The molecule has 198 valence electrons. The first-order valence-corrected chi connectivity index (χ1v) is 13.3. The topological polar surface area (TPSA) is 61.2 Å². The number of benzene rings is 3. The Bertz CT molecular complexity index is 1310. The predicted octanol–water partition coefficient (Wildman–Crippen LogP) is 6.75. The SMILES string of the molecule is CC(=O)C(C)Oc1ccccc1.CCCc1c(CC)nc(C)n(C(c2ccccc2)c2ccccc2)c1=O. The van der Waals surface area contributed by atoms with Crippen LogP contribution >= 0.6 is 0 Å². The molecule has 0 aliphatic rings. The highest BCUT2D eigenvalue weighted by Gasteiger charge is 2.22. The summed E-state index contributed by atoms with van der Waals surface area (Å²) in [6, 6.07) is 29.6. The van der Waals surface area contributed by atoms with Gasteiger partial charge in [-0.3, -0.25) is 14.2 Å². The second kappa shape index (κ2) is 14.1. The van der Waals surface area contributed by atoms with Crippen molar-refractivity contribution in [1.29, 1.82) is 0 Å². The van der Waals surface area contributed by atoms with Gasteiger partial charge in [0.2, 0.25) is 0 Å². The maximum Gasteiger partial charge on any atom is 0.257 e. The first kappa shape index (κ1) is 28.6. The van der Waals surface area contributed by atoms with Gasteiger partial charge >= 0.3 is 0 Å². The number of carbonyl (C=O) groups is 1. The highest BCUT2D eigenvalue weighted by atomic mass is 16.5. The molecule has 3 aromatic carbocycles. The molecule has 0 N–H and O–H groups in total. The molecule has 4 aromatic rings. The lowest BCUT2D eigenvalue weighted by Gasteiger charge is -2.24. The molecule has 0 bridgehead atoms. The predicted molar refractivity (Wildman–Crippen MR) is 154 cm³/mol. The number of hydrogen-bond donors (Lipinski definition) is 0. The van der Waals surface area contributed by atoms with E-state index in [4.69, 9.17) is 9.72 Å². The van der Waals surface area contributed by atoms with Crippen molar-refractivity contribution in [3.8, 4) is 5.75 Å². The van der Waals surface area contributed by atoms with Gasteiger partial charge in [0.1, 0.15) is 11.6 Å². The summed E-state index contributed by atoms with van der Waals surface area (Å²) in [5.41, 5.74) is 4.08. The number of ketones is 1. The molecule has 5 heteroatoms. The molecule has 0 spiro atoms. The summed E-state index contributed by atoms with van der Waals surface area (Å²) in [4.78, 5) is 29.1. The zero-order valence-corrected chi connectivity index (χ0v) is 23.1. The summed E-state index contributed by atoms with van der Waals surface area (Å²) in [6.07, 6.45) is 2.14. The van der Waals surface area contributed by atoms with E-state index in [1.165, 1.54) is 6.92 Å². The Kier molecular flexibility index (Phi) is 10.6. The zero-order chi connectivity index (χ0) is 27.5. The average Bonchev–Trinajstić information content (AvgIpc) is 2.94. The molecule has 0 radical (unpaired) electrons. The molecule has 1 atom stereocenters. The van der Waals surface area contributed by atoms with Gasteiger partial charge in [0.05, 0.1) is 11.7 Å². The van der Waals surface area contributed by atoms with Crippen LogP contribution < -0.4 is 10.3 Å². The molecule has 1 aromatic heterocycles. The fraction of sp³-hybridized carbons (Fsp3) is 0.303. The van der Waals surface area contributed by atoms with E-state index in [0.717, 1.165) is 53.2 Å². The molecule has 1 heterocycles. The number of rotatable bonds is 9. The third-order valence-electron chi connectivity index (χ3n) is 6.42. The smallest absolute Gasteiger partial charge is 0.257 e. The van der Waals surface area contributed by atoms with Gasteiger partial charge in [0, 0.05) is 5.56 Å². The largest absolute Gasteiger partial charge is 0.483 e. The first-order valence-electron chi connectivity index (χ1n) is 13.3. The van der Waals surface area contributed by atoms with E-state index in [2.05, 4.69) is 38.1 Å². The normalized spacial score (nSPS) is 11.4. The van der Waals surface area contributed by atoms with E-state index in [-0.39, 0.29) is 23.5 Å². The van der Waals surface area contributed by atoms with Crippen LogP contribution in [0.15, 0.2) is 95.8 Å². The summed E-state index contributed by atoms with van der Waals surface area (Å²) in [5.74, 6) is 1.54. The van der Waals surface area contributed by atoms with Gasteiger partial charge in [0.25, 0.3) is 5.56 Å². The van der Waals surface area contributed by atoms with Crippen molar-refractivity contribution in [1.82, 2.24) is 9.55 Å². The second-order valence-electron chi connectivity index (χ2n) is 9.27. The van der Waals surface area contributed by atoms with Gasteiger partial charge in [-0.15, -0.1) is 0 Å². The molecule has 0 amide bonds. The Labute approximate surface area is 226 Å². The Balaban J connectivity index is 0.000000279. The number of hydrogen-bond acceptors (Lipinski definition) is 4. The summed E-state index contributed by atoms with van der Waals surface area (Å²) < 4.78 is 7.20. The Morgan fingerprint density at radius 1 is 0.868 bits per heavy atom. The average molecular weight is 511 g/mol. The lowest BCUT2D eigenvalue weighted by molar-refractivity contribution is -0.122. The summed E-state index contributed by atoms with van der Waals surface area (Å²) in [5, 5.41) is 0. The fourth-order valence-corrected chi connectivity index (χ4v) is 4.38. The maximum atomic E-state index is 13.5. The third-order valence-corrected chi connectivity index (χ3v) is 6.42. The van der Waals surface area contributed by atoms with E-state index in [1.807, 2.05) is 78.2 Å². The highest BCUT2D eigenvalue weighted by Crippen LogP contribution is 2.26. The summed E-state index contributed by atoms with van der Waals surface area (Å²) >= 11 is 0. The minimum absolute atomic E-state index is 0.0406. The van der Waals surface area contributed by atoms with E-state index in [1.54, 1.807) is 6.92 Å². The van der Waals surface area contributed by atoms with Crippen molar-refractivity contribution >= 4 is 5.78 Å². The number of aryl methyl sites for hydroxylation is 2. The summed E-state index contributed by atoms with van der Waals surface area (Å²) in [6.45, 7) is 9.38. The standard InChI is InChI=1S/C23H26N2O.C10H12O2/c1-4-12-20-21(5-2)24-17(3)25(23(20)26)22(18-13-8-6-9-14-18)19-15-10-7-11-16-19;1-8(11)9(2)12-10-6-4-3-5-7-10/h6-11,13-16,22H,4-5,12H2,1-3H3;3-7,9H,1-2H3. The summed E-state index contributed by atoms with van der Waals surface area (Å²) in [7, 11) is 0. The lowest BCUT2D eigenvalue weighted by atomic mass is 9.97. The van der Waals surface area contributed by atoms with Crippen molar-refractivity contribution in [2.75, 3.05) is 0 Å². The molecule has 1 unspecified atom stereocenters. The number of nitrogens with zero attached hydrogens (tertiary/aromatic N) is 2. The van der Waals surface area contributed by atoms with Crippen LogP contribution in [0.2, 0.25) is 0 Å². The Morgan fingerprint density at radius 2 is 1.37 bits per heavy atom. The van der Waals surface area contributed by atoms with Gasteiger partial charge in [0.15, 0.2) is 11.9 Å². The van der Waals surface area contributed by atoms with Crippen LogP contribution in [0, 0.1) is 6.92 Å². The van der Waals surface area contributed by atoms with E-state index >= 15 is 0 Å². The Hall–Kier alpha value is -3.99. The molecular weight excluding hydrogens is 472 g/mol. The van der Waals surface area contributed by atoms with Crippen molar-refractivity contribution < 1.29 is 9.53 Å². The van der Waals surface area contributed by atoms with Crippen LogP contribution in [0.3, 0.4) is 0 Å². The number of Topliss-reactive ketones (excluding diaryl/α,β-unsaturated/α-hetero) is 1. The monoisotopic (exact) mass is 510 g/mol. The van der Waals surface area contributed by atoms with Crippen molar-refractivity contribution in [3.05, 3.63) is 130 Å². The number of aromatic nitrogens is 2. The second-order valence-corrected chi connectivity index (χ2v) is 9.27. The molecule has 0 aliphatic heterocycles. The minimum Gasteiger partial charge on any atom is -0.483 e. The lowest BCUT2D eigenvalue weighted by Crippen LogP contribution is -2.33. The molecule has 0 saturated carbocycles. The van der Waals surface area contributed by atoms with Crippen LogP contribution in [-0.2, 0) is 17.6 Å². The molecular formula is C33H38N2O3. The van der Waals surface area contributed by atoms with Crippen molar-refractivity contribution in [2.45, 2.75) is 66.0 Å². The van der Waals surface area contributed by atoms with E-state index in [0.29, 0.717) is 0 Å². The van der Waals surface area contributed by atoms with E-state index < -0.39 is 0 Å². The van der Waals surface area contributed by atoms with Crippen molar-refractivity contribution in [2.24, 2.45) is 0 Å². The van der Waals surface area contributed by atoms with Crippen LogP contribution in [-0.4, -0.2) is 21.4 Å². The van der Waals surface area contributed by atoms with Gasteiger partial charge < -0.3 is 4.74 Å². The maximum absolute atomic E-state index is 13.5. The van der Waals surface area contributed by atoms with Crippen molar-refractivity contribution in [3.63, 3.8) is 0 Å². The number of ether oxygens (including phenoxy) is 1. The quantitative estimate of drug-likeness (QED) is 0.250. The third kappa shape index (κ3) is 7.28. The minimum atomic E-state index is -0.354. The molecule has 0 aliphatic carbocycles. The first-order chi connectivity index (χ1) is 18.4. The van der Waals surface area contributed by atoms with Crippen LogP contribution in [0.25, 0.3) is 0 Å². The molecule has 4 rings (SSSR count). The number of carbonyl (C=O) groups excluding carboxylic acids is 1. The Morgan fingerprint density at radius 3 is 1.82 bits per heavy atom. The van der Waals surface area contributed by atoms with Gasteiger partial charge in [-0.05, 0) is 56.9 Å².